The molecule has 2 aromatic carbocycles. The Morgan fingerprint density at radius 2 is 2.00 bits per heavy atom. The predicted molar refractivity (Wildman–Crippen MR) is 73.2 cm³/mol. The molecule has 114 valence electrons. The molecule has 2 aromatic rings. The van der Waals surface area contributed by atoms with Crippen LogP contribution in [0, 0.1) is 17.5 Å². The van der Waals surface area contributed by atoms with Gasteiger partial charge in [0.05, 0.1) is 6.54 Å². The third-order valence-corrected chi connectivity index (χ3v) is 3.39. The molecule has 1 aliphatic rings. The minimum absolute atomic E-state index is 0.0198. The van der Waals surface area contributed by atoms with Crippen LogP contribution in [0.4, 0.5) is 13.2 Å². The topological polar surface area (TPSA) is 38.3 Å². The molecule has 1 heterocycles. The highest BCUT2D eigenvalue weighted by Gasteiger charge is 2.27. The van der Waals surface area contributed by atoms with E-state index in [-0.39, 0.29) is 17.9 Å². The second-order valence-electron chi connectivity index (χ2n) is 5.04. The summed E-state index contributed by atoms with van der Waals surface area (Å²) in [6, 6.07) is 7.25. The Balaban J connectivity index is 1.62. The molecular weight excluding hydrogens is 295 g/mol. The summed E-state index contributed by atoms with van der Waals surface area (Å²) in [6.07, 6.45) is -0.184. The predicted octanol–water partition coefficient (Wildman–Crippen LogP) is 2.84. The number of hydrogen-bond donors (Lipinski definition) is 1. The highest BCUT2D eigenvalue weighted by molar-refractivity contribution is 5.94. The zero-order chi connectivity index (χ0) is 15.7. The van der Waals surface area contributed by atoms with Crippen molar-refractivity contribution >= 4 is 5.91 Å². The maximum atomic E-state index is 13.5. The average Bonchev–Trinajstić information content (AvgIpc) is 2.88. The molecule has 1 aliphatic heterocycles. The number of amides is 1. The van der Waals surface area contributed by atoms with Crippen LogP contribution >= 0.6 is 0 Å². The van der Waals surface area contributed by atoms with Crippen LogP contribution < -0.4 is 10.1 Å². The molecule has 22 heavy (non-hydrogen) atoms. The van der Waals surface area contributed by atoms with Crippen molar-refractivity contribution in [2.24, 2.45) is 0 Å². The summed E-state index contributed by atoms with van der Waals surface area (Å²) in [5.74, 6) is -2.36. The van der Waals surface area contributed by atoms with E-state index in [1.54, 1.807) is 0 Å². The molecule has 6 heteroatoms. The van der Waals surface area contributed by atoms with Crippen LogP contribution in [0.3, 0.4) is 0 Å². The molecule has 0 saturated carbocycles. The Hall–Kier alpha value is -2.50. The van der Waals surface area contributed by atoms with Crippen molar-refractivity contribution < 1.29 is 22.7 Å². The largest absolute Gasteiger partial charge is 0.485 e. The molecule has 0 aliphatic carbocycles. The first-order chi connectivity index (χ1) is 10.5. The van der Waals surface area contributed by atoms with Crippen molar-refractivity contribution in [3.05, 3.63) is 65.0 Å². The van der Waals surface area contributed by atoms with Gasteiger partial charge >= 0.3 is 0 Å². The van der Waals surface area contributed by atoms with E-state index in [4.69, 9.17) is 4.74 Å². The Morgan fingerprint density at radius 3 is 2.77 bits per heavy atom. The summed E-state index contributed by atoms with van der Waals surface area (Å²) in [5, 5.41) is 2.59. The smallest absolute Gasteiger partial charge is 0.251 e. The van der Waals surface area contributed by atoms with E-state index in [1.165, 1.54) is 24.3 Å². The molecule has 3 nitrogen and oxygen atoms in total. The molecule has 1 unspecified atom stereocenters. The molecule has 0 bridgehead atoms. The van der Waals surface area contributed by atoms with Crippen LogP contribution in [0.5, 0.6) is 5.75 Å². The first kappa shape index (κ1) is 14.4. The lowest BCUT2D eigenvalue weighted by Crippen LogP contribution is -2.34. The molecule has 0 fully saturated rings. The maximum absolute atomic E-state index is 13.5. The van der Waals surface area contributed by atoms with Crippen LogP contribution in [0.15, 0.2) is 36.4 Å². The number of carbonyl (C=O) groups is 1. The van der Waals surface area contributed by atoms with Gasteiger partial charge in [0.15, 0.2) is 11.6 Å². The lowest BCUT2D eigenvalue weighted by Gasteiger charge is -2.12. The lowest BCUT2D eigenvalue weighted by atomic mass is 10.1. The number of halogens is 3. The van der Waals surface area contributed by atoms with Gasteiger partial charge in [0.25, 0.3) is 5.91 Å². The third kappa shape index (κ3) is 2.90. The van der Waals surface area contributed by atoms with Crippen LogP contribution in [0.25, 0.3) is 0 Å². The number of ether oxygens (including phenoxy) is 1. The van der Waals surface area contributed by atoms with E-state index in [0.29, 0.717) is 12.0 Å². The Bertz CT molecular complexity index is 733. The number of fused-ring (bicyclic) bond motifs is 1. The average molecular weight is 307 g/mol. The summed E-state index contributed by atoms with van der Waals surface area (Å²) in [6.45, 7) is 0.116. The zero-order valence-electron chi connectivity index (χ0n) is 11.4. The van der Waals surface area contributed by atoms with E-state index < -0.39 is 29.5 Å². The quantitative estimate of drug-likeness (QED) is 0.947. The molecule has 0 spiro atoms. The highest BCUT2D eigenvalue weighted by Crippen LogP contribution is 2.32. The summed E-state index contributed by atoms with van der Waals surface area (Å²) in [5.41, 5.74) is 0.621. The number of benzene rings is 2. The van der Waals surface area contributed by atoms with E-state index in [9.17, 15) is 18.0 Å². The molecule has 0 aromatic heterocycles. The highest BCUT2D eigenvalue weighted by atomic mass is 19.1. The number of hydrogen-bond acceptors (Lipinski definition) is 2. The molecule has 3 rings (SSSR count). The van der Waals surface area contributed by atoms with Crippen molar-refractivity contribution in [3.63, 3.8) is 0 Å². The van der Waals surface area contributed by atoms with Gasteiger partial charge in [-0.15, -0.1) is 0 Å². The Kier molecular flexibility index (Phi) is 3.75. The standard InChI is InChI=1S/C16H12F3NO2/c17-11-3-1-2-9(4-11)16(21)20-8-13-6-10-5-12(18)7-14(19)15(10)22-13/h1-5,7,13H,6,8H2,(H,20,21). The first-order valence-electron chi connectivity index (χ1n) is 6.71. The first-order valence-corrected chi connectivity index (χ1v) is 6.71. The van der Waals surface area contributed by atoms with Crippen LogP contribution in [-0.4, -0.2) is 18.6 Å². The van der Waals surface area contributed by atoms with E-state index in [1.807, 2.05) is 0 Å². The van der Waals surface area contributed by atoms with Gasteiger partial charge < -0.3 is 10.1 Å². The maximum Gasteiger partial charge on any atom is 0.251 e. The van der Waals surface area contributed by atoms with Crippen molar-refractivity contribution in [2.75, 3.05) is 6.54 Å². The Labute approximate surface area is 124 Å². The zero-order valence-corrected chi connectivity index (χ0v) is 11.4. The van der Waals surface area contributed by atoms with Gasteiger partial charge in [-0.2, -0.15) is 0 Å². The summed E-state index contributed by atoms with van der Waals surface area (Å²) < 4.78 is 45.1. The minimum atomic E-state index is -0.756. The van der Waals surface area contributed by atoms with E-state index in [2.05, 4.69) is 5.32 Å². The second kappa shape index (κ2) is 5.71. The monoisotopic (exact) mass is 307 g/mol. The van der Waals surface area contributed by atoms with Gasteiger partial charge in [-0.3, -0.25) is 4.79 Å². The number of carbonyl (C=O) groups excluding carboxylic acids is 1. The van der Waals surface area contributed by atoms with Gasteiger partial charge in [-0.05, 0) is 24.3 Å². The SMILES string of the molecule is O=C(NCC1Cc2cc(F)cc(F)c2O1)c1cccc(F)c1. The molecule has 0 radical (unpaired) electrons. The van der Waals surface area contributed by atoms with Gasteiger partial charge in [-0.1, -0.05) is 6.07 Å². The van der Waals surface area contributed by atoms with E-state index in [0.717, 1.165) is 12.1 Å². The minimum Gasteiger partial charge on any atom is -0.485 e. The van der Waals surface area contributed by atoms with Gasteiger partial charge in [0.1, 0.15) is 17.7 Å². The lowest BCUT2D eigenvalue weighted by molar-refractivity contribution is 0.0932. The fourth-order valence-corrected chi connectivity index (χ4v) is 2.40. The second-order valence-corrected chi connectivity index (χ2v) is 5.04. The van der Waals surface area contributed by atoms with Crippen molar-refractivity contribution in [1.82, 2.24) is 5.32 Å². The van der Waals surface area contributed by atoms with Gasteiger partial charge in [-0.25, -0.2) is 13.2 Å². The summed E-state index contributed by atoms with van der Waals surface area (Å²) in [4.78, 5) is 11.9. The fourth-order valence-electron chi connectivity index (χ4n) is 2.40. The molecular formula is C16H12F3NO2. The van der Waals surface area contributed by atoms with Gasteiger partial charge in [0, 0.05) is 23.6 Å². The third-order valence-electron chi connectivity index (χ3n) is 3.39. The van der Waals surface area contributed by atoms with Crippen molar-refractivity contribution in [2.45, 2.75) is 12.5 Å². The van der Waals surface area contributed by atoms with Crippen LogP contribution in [-0.2, 0) is 6.42 Å². The molecule has 1 atom stereocenters. The fraction of sp³-hybridized carbons (Fsp3) is 0.188. The van der Waals surface area contributed by atoms with Crippen LogP contribution in [0.1, 0.15) is 15.9 Å². The number of nitrogens with one attached hydrogen (secondary N) is 1. The Morgan fingerprint density at radius 1 is 1.18 bits per heavy atom. The summed E-state index contributed by atoms with van der Waals surface area (Å²) in [7, 11) is 0. The molecule has 1 N–H and O–H groups in total. The van der Waals surface area contributed by atoms with E-state index >= 15 is 0 Å². The van der Waals surface area contributed by atoms with Crippen molar-refractivity contribution in [1.29, 1.82) is 0 Å². The normalized spacial score (nSPS) is 16.0. The van der Waals surface area contributed by atoms with Gasteiger partial charge in [0.2, 0.25) is 0 Å². The van der Waals surface area contributed by atoms with Crippen LogP contribution in [0.2, 0.25) is 0 Å². The molecule has 0 saturated heterocycles. The van der Waals surface area contributed by atoms with Crippen molar-refractivity contribution in [3.8, 4) is 5.75 Å². The molecule has 1 amide bonds. The number of rotatable bonds is 3. The summed E-state index contributed by atoms with van der Waals surface area (Å²) >= 11 is 0.